The normalized spacial score (nSPS) is 12.0. The van der Waals surface area contributed by atoms with Gasteiger partial charge in [-0.1, -0.05) is 59.8 Å². The molecule has 0 saturated carbocycles. The van der Waals surface area contributed by atoms with E-state index in [-0.39, 0.29) is 5.71 Å². The average Bonchev–Trinajstić information content (AvgIpc) is 3.29. The van der Waals surface area contributed by atoms with E-state index < -0.39 is 5.97 Å². The van der Waals surface area contributed by atoms with Gasteiger partial charge in [-0.25, -0.2) is 14.5 Å². The zero-order valence-electron chi connectivity index (χ0n) is 18.6. The van der Waals surface area contributed by atoms with Gasteiger partial charge in [0.2, 0.25) is 0 Å². The first kappa shape index (κ1) is 22.9. The Morgan fingerprint density at radius 1 is 1.06 bits per heavy atom. The third-order valence-electron chi connectivity index (χ3n) is 4.83. The number of aromatic nitrogens is 3. The number of benzene rings is 2. The molecule has 1 heterocycles. The highest BCUT2D eigenvalue weighted by atomic mass is 16.6. The molecule has 3 aromatic rings. The number of methoxy groups -OCH3 is 1. The van der Waals surface area contributed by atoms with Crippen LogP contribution in [0.3, 0.4) is 0 Å². The van der Waals surface area contributed by atoms with E-state index >= 15 is 0 Å². The third-order valence-corrected chi connectivity index (χ3v) is 4.83. The van der Waals surface area contributed by atoms with Crippen LogP contribution in [0.1, 0.15) is 35.9 Å². The molecule has 166 valence electrons. The van der Waals surface area contributed by atoms with Crippen LogP contribution in [-0.2, 0) is 27.3 Å². The Morgan fingerprint density at radius 2 is 1.81 bits per heavy atom. The Hall–Kier alpha value is -3.81. The van der Waals surface area contributed by atoms with Gasteiger partial charge in [0.25, 0.3) is 0 Å². The molecule has 0 saturated heterocycles. The van der Waals surface area contributed by atoms with Crippen molar-refractivity contribution in [1.29, 1.82) is 0 Å². The molecule has 2 aromatic carbocycles. The maximum Gasteiger partial charge on any atom is 0.360 e. The van der Waals surface area contributed by atoms with Crippen molar-refractivity contribution in [3.05, 3.63) is 83.4 Å². The van der Waals surface area contributed by atoms with Gasteiger partial charge in [-0.3, -0.25) is 4.99 Å². The van der Waals surface area contributed by atoms with Crippen LogP contribution in [0.2, 0.25) is 0 Å². The van der Waals surface area contributed by atoms with Gasteiger partial charge in [0.15, 0.2) is 11.5 Å². The second-order valence-electron chi connectivity index (χ2n) is 7.09. The first-order valence-corrected chi connectivity index (χ1v) is 10.3. The monoisotopic (exact) mass is 433 g/mol. The van der Waals surface area contributed by atoms with E-state index in [4.69, 9.17) is 9.57 Å². The second-order valence-corrected chi connectivity index (χ2v) is 7.09. The van der Waals surface area contributed by atoms with Crippen LogP contribution in [0, 0.1) is 0 Å². The van der Waals surface area contributed by atoms with Crippen LogP contribution in [0.4, 0.5) is 0 Å². The van der Waals surface area contributed by atoms with Crippen molar-refractivity contribution in [2.75, 3.05) is 20.8 Å². The van der Waals surface area contributed by atoms with Crippen molar-refractivity contribution in [2.45, 2.75) is 26.3 Å². The fourth-order valence-corrected chi connectivity index (χ4v) is 3.25. The Labute approximate surface area is 187 Å². The van der Waals surface area contributed by atoms with Crippen molar-refractivity contribution in [2.24, 2.45) is 10.1 Å². The average molecular weight is 434 g/mol. The van der Waals surface area contributed by atoms with Gasteiger partial charge < -0.3 is 9.57 Å². The summed E-state index contributed by atoms with van der Waals surface area (Å²) in [6.07, 6.45) is 3.24. The van der Waals surface area contributed by atoms with Crippen molar-refractivity contribution in [3.63, 3.8) is 0 Å². The fraction of sp³-hybridized carbons (Fsp3) is 0.292. The molecule has 0 spiro atoms. The third kappa shape index (κ3) is 6.10. The van der Waals surface area contributed by atoms with Gasteiger partial charge in [0, 0.05) is 12.1 Å². The molecule has 0 radical (unpaired) electrons. The summed E-state index contributed by atoms with van der Waals surface area (Å²) in [6.45, 7) is 3.20. The van der Waals surface area contributed by atoms with Crippen LogP contribution >= 0.6 is 0 Å². The second kappa shape index (κ2) is 11.5. The number of carbonyl (C=O) groups is 1. The maximum absolute atomic E-state index is 12.1. The van der Waals surface area contributed by atoms with Gasteiger partial charge in [-0.2, -0.15) is 0 Å². The zero-order chi connectivity index (χ0) is 22.8. The largest absolute Gasteiger partial charge is 0.464 e. The van der Waals surface area contributed by atoms with E-state index in [1.165, 1.54) is 19.8 Å². The van der Waals surface area contributed by atoms with Crippen molar-refractivity contribution in [1.82, 2.24) is 14.8 Å². The summed E-state index contributed by atoms with van der Waals surface area (Å²) >= 11 is 0. The SMILES string of the molecule is CO/N=C(/C(=O)OC)c1ccccc1CCCN=C(C)c1ncn(Cc2ccccc2)n1. The first-order valence-electron chi connectivity index (χ1n) is 10.3. The highest BCUT2D eigenvalue weighted by Gasteiger charge is 2.18. The van der Waals surface area contributed by atoms with Gasteiger partial charge in [0.1, 0.15) is 13.4 Å². The Bertz CT molecular complexity index is 1090. The molecule has 0 aliphatic rings. The van der Waals surface area contributed by atoms with Crippen LogP contribution in [-0.4, -0.2) is 52.9 Å². The molecule has 1 aromatic heterocycles. The van der Waals surface area contributed by atoms with E-state index in [1.54, 1.807) is 6.33 Å². The fourth-order valence-electron chi connectivity index (χ4n) is 3.25. The number of aliphatic imine (C=N–C) groups is 1. The Morgan fingerprint density at radius 3 is 2.56 bits per heavy atom. The smallest absolute Gasteiger partial charge is 0.360 e. The number of esters is 1. The molecule has 0 aliphatic heterocycles. The quantitative estimate of drug-likeness (QED) is 0.212. The number of nitrogens with zero attached hydrogens (tertiary/aromatic N) is 5. The number of rotatable bonds is 10. The van der Waals surface area contributed by atoms with Crippen LogP contribution in [0.15, 0.2) is 71.1 Å². The van der Waals surface area contributed by atoms with Crippen LogP contribution in [0.25, 0.3) is 0 Å². The van der Waals surface area contributed by atoms with Crippen molar-refractivity contribution in [3.8, 4) is 0 Å². The summed E-state index contributed by atoms with van der Waals surface area (Å²) in [5, 5.41) is 8.37. The molecule has 0 amide bonds. The summed E-state index contributed by atoms with van der Waals surface area (Å²) in [6, 6.07) is 17.7. The summed E-state index contributed by atoms with van der Waals surface area (Å²) < 4.78 is 6.64. The topological polar surface area (TPSA) is 91.0 Å². The van der Waals surface area contributed by atoms with Gasteiger partial charge in [-0.05, 0) is 30.9 Å². The molecule has 0 atom stereocenters. The van der Waals surface area contributed by atoms with Gasteiger partial charge >= 0.3 is 5.97 Å². The van der Waals surface area contributed by atoms with E-state index in [0.29, 0.717) is 24.5 Å². The standard InChI is InChI=1S/C24H27N5O3/c1-18(23-26-17-29(27-23)16-19-10-5-4-6-11-19)25-15-9-13-20-12-7-8-14-21(20)22(28-32-3)24(30)31-2/h4-8,10-12,14,17H,9,13,15-16H2,1-3H3/b25-18?,28-22+. The number of ether oxygens (including phenoxy) is 1. The Kier molecular flexibility index (Phi) is 8.25. The molecule has 32 heavy (non-hydrogen) atoms. The van der Waals surface area contributed by atoms with E-state index in [1.807, 2.05) is 54.1 Å². The molecule has 0 aliphatic carbocycles. The minimum atomic E-state index is -0.537. The van der Waals surface area contributed by atoms with Crippen molar-refractivity contribution < 1.29 is 14.4 Å². The number of hydrogen-bond acceptors (Lipinski definition) is 7. The number of aryl methyl sites for hydroxylation is 1. The molecule has 0 N–H and O–H groups in total. The number of oxime groups is 1. The molecular weight excluding hydrogens is 406 g/mol. The highest BCUT2D eigenvalue weighted by Crippen LogP contribution is 2.14. The van der Waals surface area contributed by atoms with Gasteiger partial charge in [-0.15, -0.1) is 5.10 Å². The zero-order valence-corrected chi connectivity index (χ0v) is 18.6. The van der Waals surface area contributed by atoms with Crippen LogP contribution in [0.5, 0.6) is 0 Å². The molecular formula is C24H27N5O3. The van der Waals surface area contributed by atoms with Crippen LogP contribution < -0.4 is 0 Å². The minimum absolute atomic E-state index is 0.151. The Balaban J connectivity index is 1.60. The lowest BCUT2D eigenvalue weighted by atomic mass is 9.99. The molecule has 8 heteroatoms. The summed E-state index contributed by atoms with van der Waals surface area (Å²) in [5.74, 6) is 0.0897. The van der Waals surface area contributed by atoms with Gasteiger partial charge in [0.05, 0.1) is 19.4 Å². The predicted octanol–water partition coefficient (Wildman–Crippen LogP) is 3.29. The van der Waals surface area contributed by atoms with E-state index in [9.17, 15) is 4.79 Å². The maximum atomic E-state index is 12.1. The molecule has 3 rings (SSSR count). The van der Waals surface area contributed by atoms with E-state index in [2.05, 4.69) is 32.4 Å². The predicted molar refractivity (Wildman–Crippen MR) is 123 cm³/mol. The summed E-state index contributed by atoms with van der Waals surface area (Å²) in [5.41, 5.74) is 3.79. The summed E-state index contributed by atoms with van der Waals surface area (Å²) in [4.78, 5) is 25.9. The summed E-state index contributed by atoms with van der Waals surface area (Å²) in [7, 11) is 2.72. The lowest BCUT2D eigenvalue weighted by Crippen LogP contribution is -2.19. The highest BCUT2D eigenvalue weighted by molar-refractivity contribution is 6.43. The lowest BCUT2D eigenvalue weighted by molar-refractivity contribution is -0.132. The number of carbonyl (C=O) groups excluding carboxylic acids is 1. The molecule has 0 bridgehead atoms. The number of hydrogen-bond donors (Lipinski definition) is 0. The van der Waals surface area contributed by atoms with E-state index in [0.717, 1.165) is 24.1 Å². The lowest BCUT2D eigenvalue weighted by Gasteiger charge is -2.09. The molecule has 8 nitrogen and oxygen atoms in total. The molecule has 0 fully saturated rings. The van der Waals surface area contributed by atoms with Crippen molar-refractivity contribution >= 4 is 17.4 Å². The minimum Gasteiger partial charge on any atom is -0.464 e. The molecule has 0 unspecified atom stereocenters. The first-order chi connectivity index (χ1) is 15.6.